The molecule has 0 fully saturated rings. The topological polar surface area (TPSA) is 51.8 Å². The number of fused-ring (bicyclic) bond motifs is 5. The molecule has 0 saturated carbocycles. The van der Waals surface area contributed by atoms with Crippen molar-refractivity contribution in [3.8, 4) is 56.5 Å². The minimum absolute atomic E-state index is 0.662. The maximum atomic E-state index is 6.62. The average molecular weight is 526 g/mol. The fraction of sp³-hybridized carbons (Fsp3) is 0. The molecule has 8 rings (SSSR count). The van der Waals surface area contributed by atoms with E-state index in [-0.39, 0.29) is 0 Å². The van der Waals surface area contributed by atoms with Crippen molar-refractivity contribution in [3.63, 3.8) is 0 Å². The van der Waals surface area contributed by atoms with Crippen molar-refractivity contribution in [3.05, 3.63) is 140 Å². The molecule has 0 spiro atoms. The van der Waals surface area contributed by atoms with Gasteiger partial charge < -0.3 is 4.42 Å². The third-order valence-corrected chi connectivity index (χ3v) is 7.47. The number of aromatic nitrogens is 3. The first-order valence-corrected chi connectivity index (χ1v) is 13.6. The third kappa shape index (κ3) is 4.05. The van der Waals surface area contributed by atoms with Crippen LogP contribution in [-0.4, -0.2) is 15.0 Å². The van der Waals surface area contributed by atoms with Gasteiger partial charge in [-0.2, -0.15) is 0 Å². The van der Waals surface area contributed by atoms with E-state index in [4.69, 9.17) is 19.4 Å². The number of rotatable bonds is 4. The summed E-state index contributed by atoms with van der Waals surface area (Å²) in [4.78, 5) is 15.1. The molecule has 0 unspecified atom stereocenters. The summed E-state index contributed by atoms with van der Waals surface area (Å²) in [5, 5.41) is 2.08. The van der Waals surface area contributed by atoms with Crippen LogP contribution in [0.5, 0.6) is 0 Å². The highest BCUT2D eigenvalue weighted by Crippen LogP contribution is 2.44. The van der Waals surface area contributed by atoms with Crippen LogP contribution in [0.2, 0.25) is 0 Å². The van der Waals surface area contributed by atoms with Gasteiger partial charge in [-0.1, -0.05) is 109 Å². The number of hydrogen-bond acceptors (Lipinski definition) is 4. The minimum atomic E-state index is 0.662. The Morgan fingerprint density at radius 3 is 1.76 bits per heavy atom. The molecule has 3 heterocycles. The molecule has 5 aromatic carbocycles. The van der Waals surface area contributed by atoms with E-state index in [1.165, 1.54) is 0 Å². The Labute approximate surface area is 237 Å². The molecule has 41 heavy (non-hydrogen) atoms. The van der Waals surface area contributed by atoms with Gasteiger partial charge in [0.1, 0.15) is 11.3 Å². The SMILES string of the molecule is c1ccc(-c2cc(-c3ccccc3)nc(-c3cccc(-c4oc5ccccc5c5nc6ccccc6c4-5)c3)n2)cc1. The largest absolute Gasteiger partial charge is 0.455 e. The van der Waals surface area contributed by atoms with Crippen LogP contribution in [0, 0.1) is 0 Å². The molecule has 1 aromatic heterocycles. The van der Waals surface area contributed by atoms with Crippen LogP contribution in [0.15, 0.2) is 144 Å². The maximum absolute atomic E-state index is 6.62. The van der Waals surface area contributed by atoms with E-state index in [1.807, 2.05) is 72.8 Å². The Morgan fingerprint density at radius 2 is 1.02 bits per heavy atom. The van der Waals surface area contributed by atoms with E-state index in [1.54, 1.807) is 0 Å². The fourth-order valence-corrected chi connectivity index (χ4v) is 5.52. The lowest BCUT2D eigenvalue weighted by atomic mass is 9.98. The normalized spacial score (nSPS) is 11.4. The van der Waals surface area contributed by atoms with Crippen molar-refractivity contribution >= 4 is 21.9 Å². The highest BCUT2D eigenvalue weighted by molar-refractivity contribution is 6.10. The molecule has 0 aliphatic carbocycles. The molecule has 6 aromatic rings. The van der Waals surface area contributed by atoms with Gasteiger partial charge in [-0.05, 0) is 30.3 Å². The Hall–Kier alpha value is -5.61. The standard InChI is InChI=1S/C37H23N3O/c1-3-12-24(13-4-1)31-23-32(25-14-5-2-6-15-25)40-37(39-31)27-17-11-16-26(22-27)36-34-28-18-7-9-20-30(28)38-35(34)29-19-8-10-21-33(29)41-36/h1-23H. The molecule has 4 heteroatoms. The zero-order valence-corrected chi connectivity index (χ0v) is 22.0. The zero-order chi connectivity index (χ0) is 27.2. The summed E-state index contributed by atoms with van der Waals surface area (Å²) in [5.41, 5.74) is 9.43. The Bertz CT molecular complexity index is 2090. The number of para-hydroxylation sites is 2. The molecule has 2 aliphatic heterocycles. The van der Waals surface area contributed by atoms with Crippen molar-refractivity contribution in [2.75, 3.05) is 0 Å². The smallest absolute Gasteiger partial charge is 0.160 e. The van der Waals surface area contributed by atoms with Gasteiger partial charge in [0.25, 0.3) is 0 Å². The second kappa shape index (κ2) is 9.54. The Morgan fingerprint density at radius 1 is 0.439 bits per heavy atom. The van der Waals surface area contributed by atoms with E-state index >= 15 is 0 Å². The zero-order valence-electron chi connectivity index (χ0n) is 22.0. The summed E-state index contributed by atoms with van der Waals surface area (Å²) >= 11 is 0. The van der Waals surface area contributed by atoms with Crippen LogP contribution in [0.25, 0.3) is 78.4 Å². The highest BCUT2D eigenvalue weighted by atomic mass is 16.3. The fourth-order valence-electron chi connectivity index (χ4n) is 5.52. The van der Waals surface area contributed by atoms with Gasteiger partial charge in [-0.25, -0.2) is 15.0 Å². The first kappa shape index (κ1) is 23.3. The quantitative estimate of drug-likeness (QED) is 0.230. The first-order chi connectivity index (χ1) is 20.3. The summed E-state index contributed by atoms with van der Waals surface area (Å²) in [7, 11) is 0. The molecule has 4 nitrogen and oxygen atoms in total. The van der Waals surface area contributed by atoms with Crippen molar-refractivity contribution in [2.45, 2.75) is 0 Å². The molecule has 0 atom stereocenters. The second-order valence-corrected chi connectivity index (χ2v) is 10.1. The molecular formula is C37H23N3O. The minimum Gasteiger partial charge on any atom is -0.455 e. The molecule has 0 radical (unpaired) electrons. The van der Waals surface area contributed by atoms with Gasteiger partial charge in [-0.15, -0.1) is 0 Å². The van der Waals surface area contributed by atoms with E-state index in [0.29, 0.717) is 5.82 Å². The van der Waals surface area contributed by atoms with Crippen LogP contribution >= 0.6 is 0 Å². The van der Waals surface area contributed by atoms with Crippen LogP contribution in [0.1, 0.15) is 0 Å². The van der Waals surface area contributed by atoms with Crippen molar-refractivity contribution in [2.24, 2.45) is 0 Å². The monoisotopic (exact) mass is 525 g/mol. The van der Waals surface area contributed by atoms with Gasteiger partial charge in [-0.3, -0.25) is 0 Å². The van der Waals surface area contributed by atoms with E-state index < -0.39 is 0 Å². The Kier molecular flexibility index (Phi) is 5.42. The van der Waals surface area contributed by atoms with Crippen molar-refractivity contribution in [1.82, 2.24) is 15.0 Å². The van der Waals surface area contributed by atoms with E-state index in [0.717, 1.165) is 72.5 Å². The van der Waals surface area contributed by atoms with Crippen LogP contribution < -0.4 is 0 Å². The molecule has 0 saturated heterocycles. The van der Waals surface area contributed by atoms with Crippen LogP contribution in [0.3, 0.4) is 0 Å². The third-order valence-electron chi connectivity index (χ3n) is 7.47. The summed E-state index contributed by atoms with van der Waals surface area (Å²) in [6.07, 6.45) is 0. The second-order valence-electron chi connectivity index (χ2n) is 10.1. The van der Waals surface area contributed by atoms with E-state index in [2.05, 4.69) is 66.7 Å². The van der Waals surface area contributed by atoms with Crippen LogP contribution in [0.4, 0.5) is 0 Å². The predicted octanol–water partition coefficient (Wildman–Crippen LogP) is 9.54. The summed E-state index contributed by atoms with van der Waals surface area (Å²) in [5.74, 6) is 1.45. The van der Waals surface area contributed by atoms with Gasteiger partial charge in [0.15, 0.2) is 5.82 Å². The predicted molar refractivity (Wildman–Crippen MR) is 165 cm³/mol. The summed E-state index contributed by atoms with van der Waals surface area (Å²) < 4.78 is 6.62. The summed E-state index contributed by atoms with van der Waals surface area (Å²) in [6.45, 7) is 0. The molecule has 0 N–H and O–H groups in total. The molecule has 2 aliphatic rings. The number of benzene rings is 5. The lowest BCUT2D eigenvalue weighted by molar-refractivity contribution is 0.622. The van der Waals surface area contributed by atoms with Gasteiger partial charge in [0.05, 0.1) is 28.2 Å². The van der Waals surface area contributed by atoms with Crippen LogP contribution in [-0.2, 0) is 0 Å². The lowest BCUT2D eigenvalue weighted by Crippen LogP contribution is -1.96. The Balaban J connectivity index is 1.35. The average Bonchev–Trinajstić information content (AvgIpc) is 3.45. The van der Waals surface area contributed by atoms with Crippen molar-refractivity contribution < 1.29 is 4.42 Å². The van der Waals surface area contributed by atoms with Gasteiger partial charge in [0.2, 0.25) is 0 Å². The lowest BCUT2D eigenvalue weighted by Gasteiger charge is -2.13. The van der Waals surface area contributed by atoms with Gasteiger partial charge in [0, 0.05) is 33.0 Å². The molecule has 0 bridgehead atoms. The van der Waals surface area contributed by atoms with E-state index in [9.17, 15) is 0 Å². The first-order valence-electron chi connectivity index (χ1n) is 13.6. The van der Waals surface area contributed by atoms with Gasteiger partial charge >= 0.3 is 0 Å². The molecule has 0 amide bonds. The summed E-state index contributed by atoms with van der Waals surface area (Å²) in [6, 6.07) is 47.2. The number of nitrogens with zero attached hydrogens (tertiary/aromatic N) is 3. The number of hydrogen-bond donors (Lipinski definition) is 0. The molecule has 192 valence electrons. The van der Waals surface area contributed by atoms with Crippen molar-refractivity contribution in [1.29, 1.82) is 0 Å². The maximum Gasteiger partial charge on any atom is 0.160 e. The molecular weight excluding hydrogens is 502 g/mol. The highest BCUT2D eigenvalue weighted by Gasteiger charge is 2.23.